The maximum absolute atomic E-state index is 13.8. The zero-order valence-electron chi connectivity index (χ0n) is 22.6. The van der Waals surface area contributed by atoms with E-state index >= 15 is 0 Å². The van der Waals surface area contributed by atoms with Crippen LogP contribution >= 0.6 is 0 Å². The van der Waals surface area contributed by atoms with Crippen LogP contribution in [0, 0.1) is 0 Å². The maximum Gasteiger partial charge on any atom is 0.262 e. The fourth-order valence-corrected chi connectivity index (χ4v) is 4.51. The molecule has 1 aliphatic heterocycles. The number of amides is 2. The minimum Gasteiger partial charge on any atom is -0.497 e. The van der Waals surface area contributed by atoms with E-state index in [1.165, 1.54) is 9.91 Å². The number of para-hydroxylation sites is 1. The summed E-state index contributed by atoms with van der Waals surface area (Å²) >= 11 is 0. The normalized spacial score (nSPS) is 14.5. The van der Waals surface area contributed by atoms with Crippen LogP contribution in [0.1, 0.15) is 33.9 Å². The molecule has 3 aromatic rings. The van der Waals surface area contributed by atoms with Crippen LogP contribution in [0.4, 0.5) is 0 Å². The van der Waals surface area contributed by atoms with E-state index in [-0.39, 0.29) is 31.5 Å². The number of rotatable bonds is 11. The molecule has 2 amide bonds. The molecule has 1 atom stereocenters. The Morgan fingerprint density at radius 2 is 1.64 bits per heavy atom. The molecule has 0 N–H and O–H groups in total. The minimum absolute atomic E-state index is 0.172. The van der Waals surface area contributed by atoms with E-state index in [4.69, 9.17) is 24.0 Å². The van der Waals surface area contributed by atoms with Crippen molar-refractivity contribution in [1.82, 2.24) is 9.91 Å². The highest BCUT2D eigenvalue weighted by Gasteiger charge is 2.36. The summed E-state index contributed by atoms with van der Waals surface area (Å²) in [6.07, 6.45) is 0.476. The first-order valence-corrected chi connectivity index (χ1v) is 12.6. The van der Waals surface area contributed by atoms with Crippen molar-refractivity contribution in [3.63, 3.8) is 0 Å². The zero-order valence-corrected chi connectivity index (χ0v) is 22.6. The zero-order chi connectivity index (χ0) is 27.8. The predicted molar refractivity (Wildman–Crippen MR) is 148 cm³/mol. The number of hydrazone groups is 1. The lowest BCUT2D eigenvalue weighted by molar-refractivity contribution is -0.133. The van der Waals surface area contributed by atoms with Gasteiger partial charge in [0.1, 0.15) is 23.8 Å². The molecule has 0 radical (unpaired) electrons. The van der Waals surface area contributed by atoms with E-state index in [9.17, 15) is 9.59 Å². The average Bonchev–Trinajstić information content (AvgIpc) is 3.44. The quantitative estimate of drug-likeness (QED) is 0.369. The number of hydrogen-bond acceptors (Lipinski definition) is 7. The molecule has 0 unspecified atom stereocenters. The Labute approximate surface area is 228 Å². The number of methoxy groups -OCH3 is 4. The van der Waals surface area contributed by atoms with Crippen LogP contribution in [-0.4, -0.2) is 75.6 Å². The molecule has 0 bridgehead atoms. The summed E-state index contributed by atoms with van der Waals surface area (Å²) in [5.74, 6) is 1.40. The van der Waals surface area contributed by atoms with Crippen molar-refractivity contribution < 1.29 is 28.5 Å². The number of benzene rings is 3. The molecule has 204 valence electrons. The maximum atomic E-state index is 13.8. The van der Waals surface area contributed by atoms with Gasteiger partial charge in [-0.1, -0.05) is 30.3 Å². The second-order valence-corrected chi connectivity index (χ2v) is 8.93. The molecule has 9 heteroatoms. The van der Waals surface area contributed by atoms with E-state index in [2.05, 4.69) is 0 Å². The van der Waals surface area contributed by atoms with Crippen molar-refractivity contribution in [3.8, 4) is 17.2 Å². The first-order chi connectivity index (χ1) is 19.0. The molecular weight excluding hydrogens is 498 g/mol. The lowest BCUT2D eigenvalue weighted by atomic mass is 9.97. The highest BCUT2D eigenvalue weighted by molar-refractivity contribution is 6.04. The highest BCUT2D eigenvalue weighted by atomic mass is 16.5. The average molecular weight is 532 g/mol. The minimum atomic E-state index is -0.407. The first-order valence-electron chi connectivity index (χ1n) is 12.6. The van der Waals surface area contributed by atoms with E-state index in [0.29, 0.717) is 29.2 Å². The Morgan fingerprint density at radius 1 is 0.897 bits per heavy atom. The van der Waals surface area contributed by atoms with Gasteiger partial charge in [-0.25, -0.2) is 5.01 Å². The monoisotopic (exact) mass is 531 g/mol. The number of carbonyl (C=O) groups is 2. The Bertz CT molecular complexity index is 1320. The summed E-state index contributed by atoms with van der Waals surface area (Å²) in [5, 5.41) is 6.22. The Morgan fingerprint density at radius 3 is 2.33 bits per heavy atom. The van der Waals surface area contributed by atoms with E-state index in [0.717, 1.165) is 16.8 Å². The Kier molecular flexibility index (Phi) is 9.17. The van der Waals surface area contributed by atoms with Crippen molar-refractivity contribution in [3.05, 3.63) is 89.5 Å². The molecule has 3 aromatic carbocycles. The molecule has 4 rings (SSSR count). The summed E-state index contributed by atoms with van der Waals surface area (Å²) in [6, 6.07) is 21.5. The van der Waals surface area contributed by atoms with Crippen molar-refractivity contribution in [2.24, 2.45) is 5.10 Å². The SMILES string of the molecule is COCCN(CC(=O)N1N=C(c2cccc(OC)c2)C[C@@H]1c1ccccc1OC)C(=O)c1ccc(OC)cc1. The third kappa shape index (κ3) is 6.38. The van der Waals surface area contributed by atoms with Crippen LogP contribution in [-0.2, 0) is 9.53 Å². The Hall–Kier alpha value is -4.37. The molecular formula is C30H33N3O6. The number of nitrogens with zero attached hydrogens (tertiary/aromatic N) is 3. The lowest BCUT2D eigenvalue weighted by Gasteiger charge is -2.27. The van der Waals surface area contributed by atoms with Crippen LogP contribution in [0.3, 0.4) is 0 Å². The molecule has 1 heterocycles. The fourth-order valence-electron chi connectivity index (χ4n) is 4.51. The van der Waals surface area contributed by atoms with Crippen LogP contribution in [0.2, 0.25) is 0 Å². The summed E-state index contributed by atoms with van der Waals surface area (Å²) in [5.41, 5.74) is 2.88. The third-order valence-corrected chi connectivity index (χ3v) is 6.58. The van der Waals surface area contributed by atoms with Crippen molar-refractivity contribution in [2.45, 2.75) is 12.5 Å². The van der Waals surface area contributed by atoms with E-state index in [1.54, 1.807) is 52.7 Å². The van der Waals surface area contributed by atoms with Gasteiger partial charge in [-0.2, -0.15) is 5.10 Å². The smallest absolute Gasteiger partial charge is 0.262 e. The van der Waals surface area contributed by atoms with Crippen LogP contribution in [0.15, 0.2) is 77.9 Å². The number of ether oxygens (including phenoxy) is 4. The van der Waals surface area contributed by atoms with Gasteiger partial charge in [-0.05, 0) is 42.5 Å². The van der Waals surface area contributed by atoms with Gasteiger partial charge in [0.05, 0.1) is 39.7 Å². The van der Waals surface area contributed by atoms with E-state index in [1.807, 2.05) is 48.5 Å². The number of hydrogen-bond donors (Lipinski definition) is 0. The largest absolute Gasteiger partial charge is 0.497 e. The van der Waals surface area contributed by atoms with Gasteiger partial charge >= 0.3 is 0 Å². The van der Waals surface area contributed by atoms with Crippen LogP contribution in [0.25, 0.3) is 0 Å². The van der Waals surface area contributed by atoms with E-state index < -0.39 is 6.04 Å². The molecule has 0 spiro atoms. The summed E-state index contributed by atoms with van der Waals surface area (Å²) in [6.45, 7) is 0.352. The molecule has 0 saturated heterocycles. The molecule has 0 aliphatic carbocycles. The van der Waals surface area contributed by atoms with Gasteiger partial charge in [0, 0.05) is 36.8 Å². The summed E-state index contributed by atoms with van der Waals surface area (Å²) < 4.78 is 21.4. The van der Waals surface area contributed by atoms with Gasteiger partial charge in [0.2, 0.25) is 0 Å². The third-order valence-electron chi connectivity index (χ3n) is 6.58. The molecule has 9 nitrogen and oxygen atoms in total. The summed E-state index contributed by atoms with van der Waals surface area (Å²) in [7, 11) is 6.33. The molecule has 1 aliphatic rings. The van der Waals surface area contributed by atoms with Gasteiger partial charge in [-0.15, -0.1) is 0 Å². The second kappa shape index (κ2) is 12.9. The van der Waals surface area contributed by atoms with Crippen molar-refractivity contribution in [1.29, 1.82) is 0 Å². The number of carbonyl (C=O) groups excluding carboxylic acids is 2. The predicted octanol–water partition coefficient (Wildman–Crippen LogP) is 4.18. The molecule has 0 aromatic heterocycles. The van der Waals surface area contributed by atoms with Crippen molar-refractivity contribution >= 4 is 17.5 Å². The van der Waals surface area contributed by atoms with Gasteiger partial charge in [-0.3, -0.25) is 9.59 Å². The van der Waals surface area contributed by atoms with Gasteiger partial charge in [0.25, 0.3) is 11.8 Å². The fraction of sp³-hybridized carbons (Fsp3) is 0.300. The highest BCUT2D eigenvalue weighted by Crippen LogP contribution is 2.37. The first kappa shape index (κ1) is 27.7. The van der Waals surface area contributed by atoms with Gasteiger partial charge in [0.15, 0.2) is 0 Å². The molecule has 0 fully saturated rings. The van der Waals surface area contributed by atoms with Crippen LogP contribution in [0.5, 0.6) is 17.2 Å². The lowest BCUT2D eigenvalue weighted by Crippen LogP contribution is -2.42. The summed E-state index contributed by atoms with van der Waals surface area (Å²) in [4.78, 5) is 28.7. The molecule has 39 heavy (non-hydrogen) atoms. The standard InChI is InChI=1S/C30H33N3O6/c1-36-17-16-32(30(35)21-12-14-23(37-2)15-13-21)20-29(34)33-27(25-10-5-6-11-28(25)39-4)19-26(31-33)22-8-7-9-24(18-22)38-3/h5-15,18,27H,16-17,19-20H2,1-4H3/t27-/m1/s1. The second-order valence-electron chi connectivity index (χ2n) is 8.93. The molecule has 0 saturated carbocycles. The van der Waals surface area contributed by atoms with Gasteiger partial charge < -0.3 is 23.8 Å². The Balaban J connectivity index is 1.66. The van der Waals surface area contributed by atoms with Crippen LogP contribution < -0.4 is 14.2 Å². The van der Waals surface area contributed by atoms with Crippen molar-refractivity contribution in [2.75, 3.05) is 48.1 Å². The topological polar surface area (TPSA) is 89.9 Å².